The molecule has 1 heteroatoms. The molecule has 1 nitrogen and oxygen atoms in total. The summed E-state index contributed by atoms with van der Waals surface area (Å²) in [5.41, 5.74) is 3.08. The maximum atomic E-state index is 9.07. The Morgan fingerprint density at radius 2 is 2.29 bits per heavy atom. The molecule has 0 amide bonds. The highest BCUT2D eigenvalue weighted by Gasteiger charge is 2.05. The van der Waals surface area contributed by atoms with Crippen molar-refractivity contribution in [1.29, 1.82) is 5.26 Å². The van der Waals surface area contributed by atoms with Crippen LogP contribution in [0.25, 0.3) is 0 Å². The van der Waals surface area contributed by atoms with Crippen molar-refractivity contribution in [2.24, 2.45) is 5.92 Å². The molecule has 0 aromatic carbocycles. The summed E-state index contributed by atoms with van der Waals surface area (Å²) in [6.45, 7) is 8.18. The largest absolute Gasteiger partial charge is 0.192 e. The van der Waals surface area contributed by atoms with Crippen molar-refractivity contribution >= 4 is 0 Å². The molecular weight excluding hydrogens is 206 g/mol. The molecule has 0 bridgehead atoms. The minimum Gasteiger partial charge on any atom is -0.192 e. The van der Waals surface area contributed by atoms with Gasteiger partial charge >= 0.3 is 0 Å². The first-order chi connectivity index (χ1) is 8.13. The van der Waals surface area contributed by atoms with E-state index in [0.29, 0.717) is 5.92 Å². The van der Waals surface area contributed by atoms with Gasteiger partial charge in [0, 0.05) is 0 Å². The molecule has 1 rings (SSSR count). The lowest BCUT2D eigenvalue weighted by Gasteiger charge is -2.09. The zero-order valence-electron chi connectivity index (χ0n) is 10.9. The van der Waals surface area contributed by atoms with Crippen LogP contribution in [-0.4, -0.2) is 0 Å². The number of nitrogens with zero attached hydrogens (tertiary/aromatic N) is 1. The Balaban J connectivity index is 2.52. The van der Waals surface area contributed by atoms with Crippen molar-refractivity contribution in [3.63, 3.8) is 0 Å². The third kappa shape index (κ3) is 4.87. The monoisotopic (exact) mass is 227 g/mol. The molecule has 0 N–H and O–H groups in total. The first-order valence-corrected chi connectivity index (χ1v) is 6.29. The predicted molar refractivity (Wildman–Crippen MR) is 73.4 cm³/mol. The van der Waals surface area contributed by atoms with Crippen molar-refractivity contribution < 1.29 is 0 Å². The average molecular weight is 227 g/mol. The quantitative estimate of drug-likeness (QED) is 0.493. The molecule has 0 spiro atoms. The molecule has 0 radical (unpaired) electrons. The summed E-state index contributed by atoms with van der Waals surface area (Å²) in [6, 6.07) is 2.24. The summed E-state index contributed by atoms with van der Waals surface area (Å²) >= 11 is 0. The van der Waals surface area contributed by atoms with E-state index in [0.717, 1.165) is 36.8 Å². The Labute approximate surface area is 105 Å². The summed E-state index contributed by atoms with van der Waals surface area (Å²) in [5.74, 6) is 0.398. The average Bonchev–Trinajstić information content (AvgIpc) is 2.34. The van der Waals surface area contributed by atoms with Crippen molar-refractivity contribution in [3.8, 4) is 6.07 Å². The Morgan fingerprint density at radius 1 is 1.53 bits per heavy atom. The van der Waals surface area contributed by atoms with Gasteiger partial charge in [-0.25, -0.2) is 0 Å². The number of allylic oxidation sites excluding steroid dienone is 7. The van der Waals surface area contributed by atoms with Crippen molar-refractivity contribution in [2.75, 3.05) is 0 Å². The maximum Gasteiger partial charge on any atom is 0.0991 e. The fraction of sp³-hybridized carbons (Fsp3) is 0.438. The molecule has 1 aliphatic carbocycles. The minimum atomic E-state index is 0.398. The molecule has 0 aromatic rings. The van der Waals surface area contributed by atoms with Crippen LogP contribution in [0, 0.1) is 17.2 Å². The highest BCUT2D eigenvalue weighted by atomic mass is 14.3. The topological polar surface area (TPSA) is 23.8 Å². The van der Waals surface area contributed by atoms with E-state index in [9.17, 15) is 0 Å². The zero-order valence-corrected chi connectivity index (χ0v) is 10.9. The molecule has 0 atom stereocenters. The summed E-state index contributed by atoms with van der Waals surface area (Å²) in [4.78, 5) is 0. The molecule has 0 unspecified atom stereocenters. The molecule has 90 valence electrons. The van der Waals surface area contributed by atoms with Crippen LogP contribution in [0.1, 0.15) is 39.5 Å². The second kappa shape index (κ2) is 6.91. The van der Waals surface area contributed by atoms with E-state index >= 15 is 0 Å². The maximum absolute atomic E-state index is 9.07. The fourth-order valence-corrected chi connectivity index (χ4v) is 1.85. The van der Waals surface area contributed by atoms with Gasteiger partial charge in [-0.05, 0) is 37.2 Å². The Morgan fingerprint density at radius 3 is 2.82 bits per heavy atom. The van der Waals surface area contributed by atoms with Gasteiger partial charge in [-0.15, -0.1) is 0 Å². The highest BCUT2D eigenvalue weighted by molar-refractivity contribution is 5.41. The van der Waals surface area contributed by atoms with Gasteiger partial charge in [-0.2, -0.15) is 5.26 Å². The molecule has 17 heavy (non-hydrogen) atoms. The fourth-order valence-electron chi connectivity index (χ4n) is 1.85. The standard InChI is InChI=1S/C16H21N/c1-13(2)11-16(12-17)14(3)9-10-15-7-5-4-6-8-15/h5,7-8,11,13H,3-4,6,9-10H2,1-2H3/b16-11-. The Kier molecular flexibility index (Phi) is 5.49. The highest BCUT2D eigenvalue weighted by Crippen LogP contribution is 2.21. The molecule has 0 aromatic heterocycles. The SMILES string of the molecule is C=C(CCC1=CCCC=C1)/C(C#N)=C\C(C)C. The van der Waals surface area contributed by atoms with Crippen LogP contribution in [0.4, 0.5) is 0 Å². The van der Waals surface area contributed by atoms with Gasteiger partial charge in [0.15, 0.2) is 0 Å². The first kappa shape index (κ1) is 13.5. The third-order valence-corrected chi connectivity index (χ3v) is 2.79. The smallest absolute Gasteiger partial charge is 0.0991 e. The van der Waals surface area contributed by atoms with E-state index < -0.39 is 0 Å². The van der Waals surface area contributed by atoms with E-state index in [2.05, 4.69) is 44.7 Å². The lowest BCUT2D eigenvalue weighted by Crippen LogP contribution is -1.92. The number of hydrogen-bond acceptors (Lipinski definition) is 1. The number of hydrogen-bond donors (Lipinski definition) is 0. The second-order valence-electron chi connectivity index (χ2n) is 4.80. The predicted octanol–water partition coefficient (Wildman–Crippen LogP) is 4.71. The van der Waals surface area contributed by atoms with Crippen LogP contribution in [-0.2, 0) is 0 Å². The lowest BCUT2D eigenvalue weighted by atomic mass is 9.96. The van der Waals surface area contributed by atoms with Crippen molar-refractivity contribution in [2.45, 2.75) is 39.5 Å². The number of rotatable bonds is 5. The summed E-state index contributed by atoms with van der Waals surface area (Å²) in [7, 11) is 0. The molecular formula is C16H21N. The van der Waals surface area contributed by atoms with Crippen LogP contribution in [0.15, 0.2) is 47.6 Å². The molecule has 0 saturated heterocycles. The van der Waals surface area contributed by atoms with Crippen molar-refractivity contribution in [3.05, 3.63) is 47.6 Å². The molecule has 0 saturated carbocycles. The van der Waals surface area contributed by atoms with E-state index in [1.807, 2.05) is 6.08 Å². The Hall–Kier alpha value is -1.55. The molecule has 0 aliphatic heterocycles. The van der Waals surface area contributed by atoms with Crippen LogP contribution in [0.3, 0.4) is 0 Å². The van der Waals surface area contributed by atoms with Gasteiger partial charge in [0.25, 0.3) is 0 Å². The summed E-state index contributed by atoms with van der Waals surface area (Å²) in [5, 5.41) is 9.07. The van der Waals surface area contributed by atoms with Crippen LogP contribution in [0.5, 0.6) is 0 Å². The normalized spacial score (nSPS) is 15.6. The number of nitriles is 1. The van der Waals surface area contributed by atoms with Crippen LogP contribution in [0.2, 0.25) is 0 Å². The summed E-state index contributed by atoms with van der Waals surface area (Å²) < 4.78 is 0. The third-order valence-electron chi connectivity index (χ3n) is 2.79. The second-order valence-corrected chi connectivity index (χ2v) is 4.80. The van der Waals surface area contributed by atoms with Gasteiger partial charge in [-0.1, -0.05) is 50.3 Å². The zero-order chi connectivity index (χ0) is 12.7. The van der Waals surface area contributed by atoms with Gasteiger partial charge in [0.05, 0.1) is 11.6 Å². The minimum absolute atomic E-state index is 0.398. The van der Waals surface area contributed by atoms with Crippen LogP contribution >= 0.6 is 0 Å². The van der Waals surface area contributed by atoms with E-state index in [1.165, 1.54) is 5.57 Å². The van der Waals surface area contributed by atoms with Crippen LogP contribution < -0.4 is 0 Å². The Bertz CT molecular complexity index is 400. The van der Waals surface area contributed by atoms with Gasteiger partial charge in [-0.3, -0.25) is 0 Å². The van der Waals surface area contributed by atoms with Gasteiger partial charge in [0.2, 0.25) is 0 Å². The van der Waals surface area contributed by atoms with E-state index in [1.54, 1.807) is 0 Å². The van der Waals surface area contributed by atoms with Gasteiger partial charge < -0.3 is 0 Å². The molecule has 0 fully saturated rings. The van der Waals surface area contributed by atoms with Gasteiger partial charge in [0.1, 0.15) is 0 Å². The molecule has 1 aliphatic rings. The van der Waals surface area contributed by atoms with E-state index in [-0.39, 0.29) is 0 Å². The van der Waals surface area contributed by atoms with Crippen molar-refractivity contribution in [1.82, 2.24) is 0 Å². The lowest BCUT2D eigenvalue weighted by molar-refractivity contribution is 0.822. The van der Waals surface area contributed by atoms with E-state index in [4.69, 9.17) is 5.26 Å². The first-order valence-electron chi connectivity index (χ1n) is 6.29. The summed E-state index contributed by atoms with van der Waals surface area (Å²) in [6.07, 6.45) is 12.8. The molecule has 0 heterocycles.